The third-order valence-corrected chi connectivity index (χ3v) is 4.05. The van der Waals surface area contributed by atoms with Crippen molar-refractivity contribution in [2.24, 2.45) is 0 Å². The predicted octanol–water partition coefficient (Wildman–Crippen LogP) is 2.82. The molecule has 2 amide bonds. The van der Waals surface area contributed by atoms with E-state index in [0.29, 0.717) is 18.7 Å². The smallest absolute Gasteiger partial charge is 0.244 e. The maximum atomic E-state index is 13.7. The van der Waals surface area contributed by atoms with Crippen LogP contribution in [0.25, 0.3) is 16.5 Å². The predicted molar refractivity (Wildman–Crippen MR) is 90.4 cm³/mol. The topological polar surface area (TPSA) is 58.2 Å². The van der Waals surface area contributed by atoms with Gasteiger partial charge in [-0.25, -0.2) is 4.39 Å². The number of benzene rings is 1. The molecular weight excluding hydrogens is 315 g/mol. The Labute approximate surface area is 138 Å². The lowest BCUT2D eigenvalue weighted by Crippen LogP contribution is -2.32. The first-order valence-corrected chi connectivity index (χ1v) is 7.93. The van der Waals surface area contributed by atoms with E-state index in [-0.39, 0.29) is 17.6 Å². The van der Waals surface area contributed by atoms with Crippen LogP contribution >= 0.6 is 11.3 Å². The highest BCUT2D eigenvalue weighted by molar-refractivity contribution is 7.16. The van der Waals surface area contributed by atoms with Crippen molar-refractivity contribution < 1.29 is 14.0 Å². The minimum absolute atomic E-state index is 0.131. The first-order valence-electron chi connectivity index (χ1n) is 7.11. The number of hydrogen-bond donors (Lipinski definition) is 2. The zero-order valence-corrected chi connectivity index (χ0v) is 13.5. The van der Waals surface area contributed by atoms with E-state index in [9.17, 15) is 14.0 Å². The summed E-state index contributed by atoms with van der Waals surface area (Å²) in [6.07, 6.45) is 3.10. The van der Waals surface area contributed by atoms with Crippen molar-refractivity contribution in [2.45, 2.75) is 6.92 Å². The van der Waals surface area contributed by atoms with Gasteiger partial charge in [0.15, 0.2) is 0 Å². The molecular formula is C17H17FN2O2S. The third kappa shape index (κ3) is 5.34. The van der Waals surface area contributed by atoms with E-state index >= 15 is 0 Å². The molecule has 0 saturated heterocycles. The van der Waals surface area contributed by atoms with Crippen molar-refractivity contribution >= 4 is 29.2 Å². The number of nitrogens with one attached hydrogen (secondary N) is 2. The molecule has 0 saturated carbocycles. The Bertz CT molecular complexity index is 725. The first-order chi connectivity index (χ1) is 11.1. The number of amides is 2. The normalized spacial score (nSPS) is 10.7. The van der Waals surface area contributed by atoms with E-state index in [2.05, 4.69) is 10.6 Å². The summed E-state index contributed by atoms with van der Waals surface area (Å²) in [4.78, 5) is 24.0. The lowest BCUT2D eigenvalue weighted by molar-refractivity contribution is -0.119. The zero-order chi connectivity index (χ0) is 16.7. The van der Waals surface area contributed by atoms with Crippen molar-refractivity contribution in [1.29, 1.82) is 0 Å². The fourth-order valence-electron chi connectivity index (χ4n) is 1.89. The molecule has 0 aliphatic carbocycles. The van der Waals surface area contributed by atoms with Crippen LogP contribution in [0.2, 0.25) is 0 Å². The fraction of sp³-hybridized carbons (Fsp3) is 0.176. The van der Waals surface area contributed by atoms with Crippen LogP contribution < -0.4 is 10.6 Å². The van der Waals surface area contributed by atoms with E-state index in [1.807, 2.05) is 12.1 Å². The van der Waals surface area contributed by atoms with Gasteiger partial charge in [-0.2, -0.15) is 0 Å². The Morgan fingerprint density at radius 1 is 1.13 bits per heavy atom. The summed E-state index contributed by atoms with van der Waals surface area (Å²) in [6, 6.07) is 10.3. The first kappa shape index (κ1) is 16.9. The molecule has 1 heterocycles. The summed E-state index contributed by atoms with van der Waals surface area (Å²) in [6.45, 7) is 2.19. The molecule has 0 radical (unpaired) electrons. The molecule has 0 atom stereocenters. The van der Waals surface area contributed by atoms with Crippen LogP contribution in [0.1, 0.15) is 11.8 Å². The van der Waals surface area contributed by atoms with Gasteiger partial charge in [-0.15, -0.1) is 11.3 Å². The van der Waals surface area contributed by atoms with E-state index in [4.69, 9.17) is 0 Å². The van der Waals surface area contributed by atoms with Gasteiger partial charge in [-0.1, -0.05) is 18.2 Å². The fourth-order valence-corrected chi connectivity index (χ4v) is 2.83. The van der Waals surface area contributed by atoms with Crippen molar-refractivity contribution in [3.05, 3.63) is 53.2 Å². The van der Waals surface area contributed by atoms with Crippen LogP contribution in [0.15, 0.2) is 42.5 Å². The largest absolute Gasteiger partial charge is 0.355 e. The summed E-state index contributed by atoms with van der Waals surface area (Å²) in [7, 11) is 0. The van der Waals surface area contributed by atoms with Gasteiger partial charge in [0, 0.05) is 41.4 Å². The molecule has 0 aliphatic heterocycles. The number of carbonyl (C=O) groups is 2. The number of hydrogen-bond acceptors (Lipinski definition) is 3. The molecule has 1 aromatic heterocycles. The summed E-state index contributed by atoms with van der Waals surface area (Å²) in [5.41, 5.74) is 0.553. The van der Waals surface area contributed by atoms with E-state index in [0.717, 1.165) is 9.75 Å². The number of carbonyl (C=O) groups excluding carboxylic acids is 2. The second-order valence-corrected chi connectivity index (χ2v) is 5.90. The quantitative estimate of drug-likeness (QED) is 0.631. The maximum absolute atomic E-state index is 13.7. The highest BCUT2D eigenvalue weighted by Gasteiger charge is 2.06. The molecule has 2 aromatic rings. The molecule has 6 heteroatoms. The number of halogens is 1. The number of rotatable bonds is 6. The van der Waals surface area contributed by atoms with Crippen LogP contribution in [0.4, 0.5) is 4.39 Å². The second kappa shape index (κ2) is 8.24. The lowest BCUT2D eigenvalue weighted by Gasteiger charge is -2.02. The van der Waals surface area contributed by atoms with Gasteiger partial charge in [0.2, 0.25) is 11.8 Å². The highest BCUT2D eigenvalue weighted by atomic mass is 32.1. The molecule has 0 spiro atoms. The molecule has 2 N–H and O–H groups in total. The van der Waals surface area contributed by atoms with Crippen molar-refractivity contribution in [2.75, 3.05) is 13.1 Å². The van der Waals surface area contributed by atoms with Crippen molar-refractivity contribution in [1.82, 2.24) is 10.6 Å². The Balaban J connectivity index is 1.90. The van der Waals surface area contributed by atoms with Crippen LogP contribution in [0, 0.1) is 5.82 Å². The van der Waals surface area contributed by atoms with Gasteiger partial charge in [0.25, 0.3) is 0 Å². The van der Waals surface area contributed by atoms with Gasteiger partial charge >= 0.3 is 0 Å². The van der Waals surface area contributed by atoms with Crippen LogP contribution in [0.5, 0.6) is 0 Å². The van der Waals surface area contributed by atoms with Gasteiger partial charge in [-0.3, -0.25) is 9.59 Å². The molecule has 4 nitrogen and oxygen atoms in total. The Kier molecular flexibility index (Phi) is 6.05. The van der Waals surface area contributed by atoms with Gasteiger partial charge in [-0.05, 0) is 24.3 Å². The molecule has 23 heavy (non-hydrogen) atoms. The summed E-state index contributed by atoms with van der Waals surface area (Å²) in [5, 5.41) is 5.25. The van der Waals surface area contributed by atoms with E-state index in [1.54, 1.807) is 24.3 Å². The summed E-state index contributed by atoms with van der Waals surface area (Å²) < 4.78 is 13.7. The minimum atomic E-state index is -0.263. The molecule has 2 rings (SSSR count). The Morgan fingerprint density at radius 3 is 2.61 bits per heavy atom. The van der Waals surface area contributed by atoms with E-state index in [1.165, 1.54) is 30.4 Å². The van der Waals surface area contributed by atoms with Crippen LogP contribution in [-0.2, 0) is 9.59 Å². The minimum Gasteiger partial charge on any atom is -0.355 e. The lowest BCUT2D eigenvalue weighted by atomic mass is 10.2. The average molecular weight is 332 g/mol. The molecule has 120 valence electrons. The summed E-state index contributed by atoms with van der Waals surface area (Å²) in [5.74, 6) is -0.633. The van der Waals surface area contributed by atoms with Crippen molar-refractivity contribution in [3.63, 3.8) is 0 Å². The maximum Gasteiger partial charge on any atom is 0.244 e. The monoisotopic (exact) mass is 332 g/mol. The molecule has 1 aromatic carbocycles. The standard InChI is InChI=1S/C17H17FN2O2S/c1-12(21)19-10-11-20-17(22)9-7-13-6-8-16(23-13)14-4-2-3-5-15(14)18/h2-9H,10-11H2,1H3,(H,19,21)(H,20,22)/b9-7+. The third-order valence-electron chi connectivity index (χ3n) is 2.96. The zero-order valence-electron chi connectivity index (χ0n) is 12.6. The highest BCUT2D eigenvalue weighted by Crippen LogP contribution is 2.30. The molecule has 0 bridgehead atoms. The molecule has 0 fully saturated rings. The Morgan fingerprint density at radius 2 is 1.87 bits per heavy atom. The van der Waals surface area contributed by atoms with Crippen LogP contribution in [-0.4, -0.2) is 24.9 Å². The van der Waals surface area contributed by atoms with Crippen molar-refractivity contribution in [3.8, 4) is 10.4 Å². The van der Waals surface area contributed by atoms with Crippen LogP contribution in [0.3, 0.4) is 0 Å². The average Bonchev–Trinajstić information content (AvgIpc) is 2.98. The van der Waals surface area contributed by atoms with Gasteiger partial charge < -0.3 is 10.6 Å². The molecule has 0 aliphatic rings. The molecule has 0 unspecified atom stereocenters. The van der Waals surface area contributed by atoms with Gasteiger partial charge in [0.05, 0.1) is 0 Å². The summed E-state index contributed by atoms with van der Waals surface area (Å²) >= 11 is 1.41. The number of thiophene rings is 1. The Hall–Kier alpha value is -2.47. The van der Waals surface area contributed by atoms with E-state index < -0.39 is 0 Å². The second-order valence-electron chi connectivity index (χ2n) is 4.79. The SMILES string of the molecule is CC(=O)NCCNC(=O)/C=C/c1ccc(-c2ccccc2F)s1. The van der Waals surface area contributed by atoms with Gasteiger partial charge in [0.1, 0.15) is 5.82 Å².